The van der Waals surface area contributed by atoms with Crippen LogP contribution in [0.4, 0.5) is 0 Å². The second-order valence-corrected chi connectivity index (χ2v) is 4.82. The molecule has 0 N–H and O–H groups in total. The molecule has 1 atom stereocenters. The zero-order chi connectivity index (χ0) is 12.3. The van der Waals surface area contributed by atoms with E-state index in [2.05, 4.69) is 4.74 Å². The third-order valence-corrected chi connectivity index (χ3v) is 3.39. The summed E-state index contributed by atoms with van der Waals surface area (Å²) in [5, 5.41) is 3.69. The Labute approximate surface area is 99.4 Å². The molecule has 1 aromatic heterocycles. The first-order valence-corrected chi connectivity index (χ1v) is 6.08. The number of aryl methyl sites for hydroxylation is 1. The summed E-state index contributed by atoms with van der Waals surface area (Å²) < 4.78 is 4.68. The zero-order valence-corrected chi connectivity index (χ0v) is 10.8. The third-order valence-electron chi connectivity index (χ3n) is 2.53. The van der Waals surface area contributed by atoms with Crippen LogP contribution in [0.2, 0.25) is 0 Å². The van der Waals surface area contributed by atoms with Crippen LogP contribution >= 0.6 is 11.3 Å². The lowest BCUT2D eigenvalue weighted by Crippen LogP contribution is -2.30. The predicted octanol–water partition coefficient (Wildman–Crippen LogP) is 2.68. The fourth-order valence-corrected chi connectivity index (χ4v) is 2.43. The zero-order valence-electron chi connectivity index (χ0n) is 9.94. The minimum atomic E-state index is -0.696. The van der Waals surface area contributed by atoms with Gasteiger partial charge in [0.1, 0.15) is 5.92 Å². The molecule has 88 valence electrons. The van der Waals surface area contributed by atoms with E-state index in [0.29, 0.717) is 5.56 Å². The van der Waals surface area contributed by atoms with Gasteiger partial charge in [-0.3, -0.25) is 9.59 Å². The maximum absolute atomic E-state index is 12.2. The number of methoxy groups -OCH3 is 1. The molecule has 0 aliphatic carbocycles. The topological polar surface area (TPSA) is 43.4 Å². The summed E-state index contributed by atoms with van der Waals surface area (Å²) in [6.45, 7) is 5.57. The van der Waals surface area contributed by atoms with Crippen LogP contribution in [0.25, 0.3) is 0 Å². The van der Waals surface area contributed by atoms with E-state index >= 15 is 0 Å². The average Bonchev–Trinajstić information content (AvgIpc) is 2.63. The summed E-state index contributed by atoms with van der Waals surface area (Å²) in [5.41, 5.74) is 1.55. The number of hydrogen-bond donors (Lipinski definition) is 0. The molecular formula is C12H16O3S. The Morgan fingerprint density at radius 3 is 2.31 bits per heavy atom. The van der Waals surface area contributed by atoms with E-state index in [0.717, 1.165) is 5.56 Å². The van der Waals surface area contributed by atoms with Gasteiger partial charge in [0, 0.05) is 10.9 Å². The number of carbonyl (C=O) groups is 2. The molecule has 0 saturated heterocycles. The van der Waals surface area contributed by atoms with Crippen molar-refractivity contribution in [2.45, 2.75) is 20.8 Å². The summed E-state index contributed by atoms with van der Waals surface area (Å²) in [6, 6.07) is 0. The highest BCUT2D eigenvalue weighted by atomic mass is 32.1. The van der Waals surface area contributed by atoms with Crippen molar-refractivity contribution in [3.05, 3.63) is 21.9 Å². The van der Waals surface area contributed by atoms with E-state index in [1.807, 2.05) is 26.2 Å². The minimum absolute atomic E-state index is 0.0563. The number of carbonyl (C=O) groups excluding carboxylic acids is 2. The Hall–Kier alpha value is -1.16. The van der Waals surface area contributed by atoms with Crippen molar-refractivity contribution < 1.29 is 14.3 Å². The number of ether oxygens (including phenoxy) is 1. The number of esters is 1. The van der Waals surface area contributed by atoms with Crippen LogP contribution < -0.4 is 0 Å². The van der Waals surface area contributed by atoms with Crippen LogP contribution in [-0.4, -0.2) is 18.9 Å². The molecule has 1 heterocycles. The molecule has 0 aromatic carbocycles. The SMILES string of the molecule is COC(=O)C(C(=O)c1cscc1C)C(C)C. The third kappa shape index (κ3) is 2.50. The molecule has 1 rings (SSSR count). The maximum atomic E-state index is 12.2. The monoisotopic (exact) mass is 240 g/mol. The lowest BCUT2D eigenvalue weighted by molar-refractivity contribution is -0.144. The van der Waals surface area contributed by atoms with Gasteiger partial charge in [-0.05, 0) is 23.8 Å². The van der Waals surface area contributed by atoms with E-state index in [1.165, 1.54) is 18.4 Å². The molecule has 1 aromatic rings. The highest BCUT2D eigenvalue weighted by Crippen LogP contribution is 2.23. The van der Waals surface area contributed by atoms with Crippen molar-refractivity contribution in [1.29, 1.82) is 0 Å². The minimum Gasteiger partial charge on any atom is -0.468 e. The Kier molecular flexibility index (Phi) is 4.24. The first kappa shape index (κ1) is 12.9. The first-order chi connectivity index (χ1) is 7.49. The molecule has 0 amide bonds. The van der Waals surface area contributed by atoms with Gasteiger partial charge in [-0.15, -0.1) is 0 Å². The number of ketones is 1. The fraction of sp³-hybridized carbons (Fsp3) is 0.500. The van der Waals surface area contributed by atoms with Crippen LogP contribution in [0.1, 0.15) is 29.8 Å². The fourth-order valence-electron chi connectivity index (χ4n) is 1.59. The smallest absolute Gasteiger partial charge is 0.316 e. The molecule has 0 radical (unpaired) electrons. The number of Topliss-reactive ketones (excluding diaryl/α,β-unsaturated/α-hetero) is 1. The van der Waals surface area contributed by atoms with Gasteiger partial charge in [-0.2, -0.15) is 11.3 Å². The van der Waals surface area contributed by atoms with E-state index in [4.69, 9.17) is 0 Å². The largest absolute Gasteiger partial charge is 0.468 e. The Balaban J connectivity index is 3.01. The number of hydrogen-bond acceptors (Lipinski definition) is 4. The average molecular weight is 240 g/mol. The molecule has 16 heavy (non-hydrogen) atoms. The van der Waals surface area contributed by atoms with Gasteiger partial charge in [0.15, 0.2) is 5.78 Å². The highest BCUT2D eigenvalue weighted by molar-refractivity contribution is 7.08. The molecule has 1 unspecified atom stereocenters. The van der Waals surface area contributed by atoms with Gasteiger partial charge >= 0.3 is 5.97 Å². The van der Waals surface area contributed by atoms with Crippen molar-refractivity contribution in [3.63, 3.8) is 0 Å². The second kappa shape index (κ2) is 5.25. The van der Waals surface area contributed by atoms with Crippen LogP contribution in [-0.2, 0) is 9.53 Å². The van der Waals surface area contributed by atoms with Crippen molar-refractivity contribution >= 4 is 23.1 Å². The van der Waals surface area contributed by atoms with Crippen molar-refractivity contribution in [1.82, 2.24) is 0 Å². The summed E-state index contributed by atoms with van der Waals surface area (Å²) in [5.74, 6) is -1.34. The summed E-state index contributed by atoms with van der Waals surface area (Å²) in [7, 11) is 1.31. The molecule has 0 fully saturated rings. The molecule has 0 aliphatic heterocycles. The Bertz CT molecular complexity index is 393. The highest BCUT2D eigenvalue weighted by Gasteiger charge is 2.32. The molecular weight excluding hydrogens is 224 g/mol. The van der Waals surface area contributed by atoms with Crippen molar-refractivity contribution in [3.8, 4) is 0 Å². The molecule has 0 spiro atoms. The normalized spacial score (nSPS) is 12.6. The van der Waals surface area contributed by atoms with Crippen molar-refractivity contribution in [2.75, 3.05) is 7.11 Å². The van der Waals surface area contributed by atoms with E-state index < -0.39 is 11.9 Å². The lowest BCUT2D eigenvalue weighted by Gasteiger charge is -2.16. The Morgan fingerprint density at radius 2 is 1.94 bits per heavy atom. The van der Waals surface area contributed by atoms with Crippen LogP contribution in [0.15, 0.2) is 10.8 Å². The van der Waals surface area contributed by atoms with Gasteiger partial charge in [0.05, 0.1) is 7.11 Å². The van der Waals surface area contributed by atoms with Crippen LogP contribution in [0, 0.1) is 18.8 Å². The lowest BCUT2D eigenvalue weighted by atomic mass is 9.88. The standard InChI is InChI=1S/C12H16O3S/c1-7(2)10(12(14)15-4)11(13)9-6-16-5-8(9)3/h5-7,10H,1-4H3. The second-order valence-electron chi connectivity index (χ2n) is 4.08. The van der Waals surface area contributed by atoms with Gasteiger partial charge in [-0.1, -0.05) is 13.8 Å². The number of rotatable bonds is 4. The van der Waals surface area contributed by atoms with Gasteiger partial charge in [0.2, 0.25) is 0 Å². The van der Waals surface area contributed by atoms with E-state index in [-0.39, 0.29) is 11.7 Å². The summed E-state index contributed by atoms with van der Waals surface area (Å²) in [6.07, 6.45) is 0. The predicted molar refractivity (Wildman–Crippen MR) is 63.7 cm³/mol. The van der Waals surface area contributed by atoms with E-state index in [9.17, 15) is 9.59 Å². The van der Waals surface area contributed by atoms with E-state index in [1.54, 1.807) is 5.38 Å². The molecule has 0 aliphatic rings. The van der Waals surface area contributed by atoms with Crippen LogP contribution in [0.3, 0.4) is 0 Å². The molecule has 0 bridgehead atoms. The molecule has 3 nitrogen and oxygen atoms in total. The van der Waals surface area contributed by atoms with Gasteiger partial charge < -0.3 is 4.74 Å². The first-order valence-electron chi connectivity index (χ1n) is 5.13. The molecule has 0 saturated carbocycles. The summed E-state index contributed by atoms with van der Waals surface area (Å²) in [4.78, 5) is 23.7. The quantitative estimate of drug-likeness (QED) is 0.461. The molecule has 4 heteroatoms. The maximum Gasteiger partial charge on any atom is 0.316 e. The van der Waals surface area contributed by atoms with Crippen LogP contribution in [0.5, 0.6) is 0 Å². The van der Waals surface area contributed by atoms with Crippen molar-refractivity contribution in [2.24, 2.45) is 11.8 Å². The Morgan fingerprint density at radius 1 is 1.31 bits per heavy atom. The number of thiophene rings is 1. The summed E-state index contributed by atoms with van der Waals surface area (Å²) >= 11 is 1.47. The van der Waals surface area contributed by atoms with Gasteiger partial charge in [0.25, 0.3) is 0 Å². The van der Waals surface area contributed by atoms with Gasteiger partial charge in [-0.25, -0.2) is 0 Å².